The van der Waals surface area contributed by atoms with Crippen LogP contribution in [0.2, 0.25) is 0 Å². The summed E-state index contributed by atoms with van der Waals surface area (Å²) in [6.07, 6.45) is 1.02. The molecule has 1 aliphatic rings. The molecule has 154 valence electrons. The third-order valence-corrected chi connectivity index (χ3v) is 4.33. The van der Waals surface area contributed by atoms with Gasteiger partial charge in [-0.1, -0.05) is 12.1 Å². The lowest BCUT2D eigenvalue weighted by Gasteiger charge is -2.24. The fourth-order valence-electron chi connectivity index (χ4n) is 2.87. The zero-order chi connectivity index (χ0) is 21.2. The van der Waals surface area contributed by atoms with E-state index in [0.717, 1.165) is 5.56 Å². The molecular weight excluding hydrogens is 374 g/mol. The molecule has 0 bridgehead atoms. The Balaban J connectivity index is 1.61. The van der Waals surface area contributed by atoms with Crippen LogP contribution in [-0.2, 0) is 17.8 Å². The third-order valence-electron chi connectivity index (χ3n) is 4.33. The number of fused-ring (bicyclic) bond motifs is 1. The van der Waals surface area contributed by atoms with Crippen molar-refractivity contribution in [3.8, 4) is 0 Å². The van der Waals surface area contributed by atoms with Gasteiger partial charge in [0.25, 0.3) is 11.8 Å². The minimum atomic E-state index is -0.555. The summed E-state index contributed by atoms with van der Waals surface area (Å²) in [5.74, 6) is -0.663. The van der Waals surface area contributed by atoms with E-state index in [0.29, 0.717) is 31.0 Å². The van der Waals surface area contributed by atoms with Gasteiger partial charge in [0.1, 0.15) is 11.3 Å². The van der Waals surface area contributed by atoms with Crippen LogP contribution < -0.4 is 10.6 Å². The summed E-state index contributed by atoms with van der Waals surface area (Å²) in [6, 6.07) is 7.02. The Morgan fingerprint density at radius 1 is 1.17 bits per heavy atom. The fourth-order valence-corrected chi connectivity index (χ4v) is 2.87. The van der Waals surface area contributed by atoms with Crippen molar-refractivity contribution in [1.29, 1.82) is 0 Å². The Morgan fingerprint density at radius 3 is 2.52 bits per heavy atom. The van der Waals surface area contributed by atoms with Gasteiger partial charge in [-0.05, 0) is 38.5 Å². The van der Waals surface area contributed by atoms with Crippen molar-refractivity contribution in [2.75, 3.05) is 18.9 Å². The first-order chi connectivity index (χ1) is 13.6. The first-order valence-corrected chi connectivity index (χ1v) is 9.32. The number of aromatic nitrogens is 2. The van der Waals surface area contributed by atoms with Crippen LogP contribution in [0.3, 0.4) is 0 Å². The van der Waals surface area contributed by atoms with Crippen molar-refractivity contribution >= 4 is 23.6 Å². The molecule has 0 saturated carbocycles. The van der Waals surface area contributed by atoms with E-state index in [1.54, 1.807) is 61.6 Å². The zero-order valence-electron chi connectivity index (χ0n) is 17.0. The number of hydrogen-bond donors (Lipinski definition) is 2. The molecule has 9 heteroatoms. The first-order valence-electron chi connectivity index (χ1n) is 9.32. The maximum absolute atomic E-state index is 12.6. The van der Waals surface area contributed by atoms with Crippen LogP contribution in [0.15, 0.2) is 30.6 Å². The van der Waals surface area contributed by atoms with E-state index in [-0.39, 0.29) is 11.6 Å². The lowest BCUT2D eigenvalue weighted by Crippen LogP contribution is -2.38. The molecule has 0 spiro atoms. The van der Waals surface area contributed by atoms with Crippen molar-refractivity contribution in [1.82, 2.24) is 19.8 Å². The number of rotatable bonds is 4. The second-order valence-electron chi connectivity index (χ2n) is 7.87. The maximum Gasteiger partial charge on any atom is 0.407 e. The quantitative estimate of drug-likeness (QED) is 0.820. The van der Waals surface area contributed by atoms with Gasteiger partial charge in [-0.3, -0.25) is 9.59 Å². The van der Waals surface area contributed by atoms with Crippen LogP contribution >= 0.6 is 0 Å². The highest BCUT2D eigenvalue weighted by Gasteiger charge is 2.29. The van der Waals surface area contributed by atoms with Gasteiger partial charge in [-0.2, -0.15) is 0 Å². The molecule has 0 radical (unpaired) electrons. The smallest absolute Gasteiger partial charge is 0.407 e. The molecule has 9 nitrogen and oxygen atoms in total. The predicted octanol–water partition coefficient (Wildman–Crippen LogP) is 2.25. The molecule has 0 saturated heterocycles. The molecule has 1 aromatic carbocycles. The van der Waals surface area contributed by atoms with Crippen LogP contribution in [0, 0.1) is 0 Å². The highest BCUT2D eigenvalue weighted by Crippen LogP contribution is 2.17. The largest absolute Gasteiger partial charge is 0.444 e. The van der Waals surface area contributed by atoms with Gasteiger partial charge >= 0.3 is 6.09 Å². The Labute approximate surface area is 169 Å². The summed E-state index contributed by atoms with van der Waals surface area (Å²) in [7, 11) is 1.70. The highest BCUT2D eigenvalue weighted by atomic mass is 16.6. The third kappa shape index (κ3) is 4.92. The highest BCUT2D eigenvalue weighted by molar-refractivity contribution is 6.10. The van der Waals surface area contributed by atoms with Gasteiger partial charge in [0, 0.05) is 32.4 Å². The van der Waals surface area contributed by atoms with Gasteiger partial charge in [-0.25, -0.2) is 9.78 Å². The second kappa shape index (κ2) is 7.94. The number of alkyl carbamates (subject to hydrolysis) is 1. The van der Waals surface area contributed by atoms with Crippen molar-refractivity contribution in [2.45, 2.75) is 39.5 Å². The number of nitrogens with zero attached hydrogens (tertiary/aromatic N) is 3. The number of hydrogen-bond acceptors (Lipinski definition) is 5. The standard InChI is InChI=1S/C20H25N5O4/c1-20(2,3)29-19(28)21-11-13-5-7-14(8-6-13)23-17(26)15-16-18(27)24(4)9-10-25(16)12-22-15/h5-8,12H,9-11H2,1-4H3,(H,21,28)(H,23,26). The number of amides is 3. The predicted molar refractivity (Wildman–Crippen MR) is 107 cm³/mol. The number of carbonyl (C=O) groups excluding carboxylic acids is 3. The van der Waals surface area contributed by atoms with Crippen molar-refractivity contribution in [3.63, 3.8) is 0 Å². The fraction of sp³-hybridized carbons (Fsp3) is 0.400. The molecule has 2 heterocycles. The lowest BCUT2D eigenvalue weighted by molar-refractivity contribution is 0.0523. The molecule has 2 N–H and O–H groups in total. The normalized spacial score (nSPS) is 13.7. The minimum Gasteiger partial charge on any atom is -0.444 e. The van der Waals surface area contributed by atoms with Crippen LogP contribution in [0.25, 0.3) is 0 Å². The molecule has 1 aliphatic heterocycles. The number of benzene rings is 1. The van der Waals surface area contributed by atoms with Crippen molar-refractivity contribution in [3.05, 3.63) is 47.5 Å². The SMILES string of the molecule is CN1CCn2cnc(C(=O)Nc3ccc(CNC(=O)OC(C)(C)C)cc3)c2C1=O. The van der Waals surface area contributed by atoms with Gasteiger partial charge in [-0.15, -0.1) is 0 Å². The molecule has 2 aromatic rings. The van der Waals surface area contributed by atoms with Crippen molar-refractivity contribution in [2.24, 2.45) is 0 Å². The lowest BCUT2D eigenvalue weighted by atomic mass is 10.2. The molecule has 29 heavy (non-hydrogen) atoms. The van der Waals surface area contributed by atoms with E-state index in [2.05, 4.69) is 15.6 Å². The number of anilines is 1. The summed E-state index contributed by atoms with van der Waals surface area (Å²) in [6.45, 7) is 6.89. The monoisotopic (exact) mass is 399 g/mol. The first kappa shape index (κ1) is 20.4. The number of nitrogens with one attached hydrogen (secondary N) is 2. The van der Waals surface area contributed by atoms with Crippen LogP contribution in [0.5, 0.6) is 0 Å². The number of imidazole rings is 1. The topological polar surface area (TPSA) is 106 Å². The molecule has 0 atom stereocenters. The van der Waals surface area contributed by atoms with E-state index >= 15 is 0 Å². The van der Waals surface area contributed by atoms with E-state index in [9.17, 15) is 14.4 Å². The van der Waals surface area contributed by atoms with E-state index in [1.165, 1.54) is 6.33 Å². The molecule has 0 fully saturated rings. The average molecular weight is 399 g/mol. The average Bonchev–Trinajstić information content (AvgIpc) is 3.08. The molecule has 3 amide bonds. The summed E-state index contributed by atoms with van der Waals surface area (Å²) in [4.78, 5) is 42.4. The van der Waals surface area contributed by atoms with E-state index < -0.39 is 17.6 Å². The molecule has 0 unspecified atom stereocenters. The van der Waals surface area contributed by atoms with E-state index in [4.69, 9.17) is 4.74 Å². The van der Waals surface area contributed by atoms with Gasteiger partial charge < -0.3 is 24.8 Å². The number of likely N-dealkylation sites (N-methyl/N-ethyl adjacent to an activating group) is 1. The molecule has 0 aliphatic carbocycles. The second-order valence-corrected chi connectivity index (χ2v) is 7.87. The summed E-state index contributed by atoms with van der Waals surface area (Å²) in [5, 5.41) is 5.43. The Morgan fingerprint density at radius 2 is 1.86 bits per heavy atom. The summed E-state index contributed by atoms with van der Waals surface area (Å²) >= 11 is 0. The summed E-state index contributed by atoms with van der Waals surface area (Å²) in [5.41, 5.74) is 1.27. The Hall–Kier alpha value is -3.36. The molecule has 3 rings (SSSR count). The van der Waals surface area contributed by atoms with Crippen LogP contribution in [0.4, 0.5) is 10.5 Å². The maximum atomic E-state index is 12.6. The van der Waals surface area contributed by atoms with E-state index in [1.807, 2.05) is 0 Å². The zero-order valence-corrected chi connectivity index (χ0v) is 17.0. The molecule has 1 aromatic heterocycles. The van der Waals surface area contributed by atoms with Gasteiger partial charge in [0.15, 0.2) is 5.69 Å². The van der Waals surface area contributed by atoms with Gasteiger partial charge in [0.2, 0.25) is 0 Å². The minimum absolute atomic E-state index is 0.109. The number of carbonyl (C=O) groups is 3. The van der Waals surface area contributed by atoms with Crippen LogP contribution in [0.1, 0.15) is 47.3 Å². The molecular formula is C20H25N5O4. The number of ether oxygens (including phenoxy) is 1. The van der Waals surface area contributed by atoms with Crippen molar-refractivity contribution < 1.29 is 19.1 Å². The van der Waals surface area contributed by atoms with Crippen LogP contribution in [-0.4, -0.2) is 51.6 Å². The van der Waals surface area contributed by atoms with Gasteiger partial charge in [0.05, 0.1) is 6.33 Å². The summed E-state index contributed by atoms with van der Waals surface area (Å²) < 4.78 is 6.89. The Bertz CT molecular complexity index is 927. The Kier molecular flexibility index (Phi) is 5.58.